The minimum atomic E-state index is -0.830. The largest absolute Gasteiger partial charge is 0.493 e. The van der Waals surface area contributed by atoms with Gasteiger partial charge in [-0.1, -0.05) is 57.7 Å². The number of aryl methyl sites for hydroxylation is 1. The van der Waals surface area contributed by atoms with E-state index in [0.717, 1.165) is 40.8 Å². The molecule has 1 N–H and O–H groups in total. The lowest BCUT2D eigenvalue weighted by molar-refractivity contribution is -0.122. The molecule has 1 aromatic carbocycles. The van der Waals surface area contributed by atoms with E-state index >= 15 is 0 Å². The summed E-state index contributed by atoms with van der Waals surface area (Å²) in [6.45, 7) is 10.5. The van der Waals surface area contributed by atoms with Crippen LogP contribution in [0.4, 0.5) is 0 Å². The first-order valence-corrected chi connectivity index (χ1v) is 11.3. The van der Waals surface area contributed by atoms with E-state index in [9.17, 15) is 9.59 Å². The van der Waals surface area contributed by atoms with Gasteiger partial charge in [0.25, 0.3) is 0 Å². The zero-order valence-electron chi connectivity index (χ0n) is 18.9. The van der Waals surface area contributed by atoms with Gasteiger partial charge in [-0.2, -0.15) is 0 Å². The highest BCUT2D eigenvalue weighted by atomic mass is 32.2. The fraction of sp³-hybridized carbons (Fsp3) is 0.458. The van der Waals surface area contributed by atoms with E-state index in [1.807, 2.05) is 44.3 Å². The summed E-state index contributed by atoms with van der Waals surface area (Å²) >= 11 is 0.994. The Morgan fingerprint density at radius 1 is 1.20 bits per heavy atom. The number of thioether (sulfide) groups is 1. The van der Waals surface area contributed by atoms with Crippen molar-refractivity contribution in [1.82, 2.24) is 10.3 Å². The Kier molecular flexibility index (Phi) is 11.2. The van der Waals surface area contributed by atoms with Crippen LogP contribution in [0.5, 0.6) is 5.75 Å². The lowest BCUT2D eigenvalue weighted by Crippen LogP contribution is -2.42. The van der Waals surface area contributed by atoms with Crippen molar-refractivity contribution < 1.29 is 14.3 Å². The molecule has 0 saturated carbocycles. The van der Waals surface area contributed by atoms with Gasteiger partial charge in [0.2, 0.25) is 5.91 Å². The van der Waals surface area contributed by atoms with Crippen LogP contribution in [0.1, 0.15) is 57.4 Å². The van der Waals surface area contributed by atoms with Gasteiger partial charge in [-0.3, -0.25) is 14.6 Å². The van der Waals surface area contributed by atoms with Crippen molar-refractivity contribution in [1.29, 1.82) is 0 Å². The number of ether oxygens (including phenoxy) is 1. The number of rotatable bonds is 10. The van der Waals surface area contributed by atoms with Crippen LogP contribution in [-0.2, 0) is 22.4 Å². The quantitative estimate of drug-likeness (QED) is 0.547. The first-order valence-electron chi connectivity index (χ1n) is 10.4. The molecule has 30 heavy (non-hydrogen) atoms. The summed E-state index contributed by atoms with van der Waals surface area (Å²) in [5, 5.41) is 2.63. The van der Waals surface area contributed by atoms with Crippen molar-refractivity contribution in [2.24, 2.45) is 0 Å². The molecule has 5 nitrogen and oxygen atoms in total. The Balaban J connectivity index is 0.00000218. The average Bonchev–Trinajstić information content (AvgIpc) is 2.79. The van der Waals surface area contributed by atoms with Gasteiger partial charge in [0.1, 0.15) is 10.5 Å². The maximum atomic E-state index is 12.1. The lowest BCUT2D eigenvalue weighted by Gasteiger charge is -2.24. The normalized spacial score (nSPS) is 13.3. The van der Waals surface area contributed by atoms with E-state index in [1.54, 1.807) is 14.0 Å². The Hall–Kier alpha value is -2.34. The smallest absolute Gasteiger partial charge is 0.236 e. The number of amides is 1. The number of hydrogen-bond donors (Lipinski definition) is 1. The third kappa shape index (κ3) is 7.48. The molecule has 2 unspecified atom stereocenters. The van der Waals surface area contributed by atoms with E-state index in [-0.39, 0.29) is 11.8 Å². The fourth-order valence-electron chi connectivity index (χ4n) is 2.88. The van der Waals surface area contributed by atoms with E-state index < -0.39 is 4.75 Å². The van der Waals surface area contributed by atoms with Gasteiger partial charge in [-0.25, -0.2) is 0 Å². The number of nitrogens with zero attached hydrogens (tertiary/aromatic N) is 1. The van der Waals surface area contributed by atoms with Gasteiger partial charge in [0.15, 0.2) is 5.62 Å². The van der Waals surface area contributed by atoms with Crippen molar-refractivity contribution in [3.63, 3.8) is 0 Å². The SMILES string of the molecule is CC.CCc1ccc(C(C)COc2ccc(CC(C)(SC=O)C(=O)NC)cc2)nc1. The van der Waals surface area contributed by atoms with E-state index in [0.29, 0.717) is 13.0 Å². The molecule has 2 aromatic rings. The molecule has 0 radical (unpaired) electrons. The van der Waals surface area contributed by atoms with Crippen molar-refractivity contribution in [2.75, 3.05) is 13.7 Å². The van der Waals surface area contributed by atoms with E-state index in [1.165, 1.54) is 5.56 Å². The Morgan fingerprint density at radius 2 is 1.83 bits per heavy atom. The molecule has 0 spiro atoms. The molecular formula is C24H34N2O3S. The van der Waals surface area contributed by atoms with Crippen LogP contribution in [0, 0.1) is 0 Å². The summed E-state index contributed by atoms with van der Waals surface area (Å²) in [6, 6.07) is 11.8. The van der Waals surface area contributed by atoms with Crippen molar-refractivity contribution in [3.8, 4) is 5.75 Å². The van der Waals surface area contributed by atoms with Gasteiger partial charge in [0, 0.05) is 24.9 Å². The summed E-state index contributed by atoms with van der Waals surface area (Å²) in [6.07, 6.45) is 3.36. The molecule has 0 bridgehead atoms. The molecule has 164 valence electrons. The van der Waals surface area contributed by atoms with Gasteiger partial charge >= 0.3 is 0 Å². The third-order valence-corrected chi connectivity index (χ3v) is 5.69. The first-order chi connectivity index (χ1) is 14.4. The molecule has 1 heterocycles. The van der Waals surface area contributed by atoms with Crippen molar-refractivity contribution in [3.05, 3.63) is 59.4 Å². The third-order valence-electron chi connectivity index (χ3n) is 4.74. The monoisotopic (exact) mass is 430 g/mol. The Labute approximate surface area is 185 Å². The second-order valence-corrected chi connectivity index (χ2v) is 8.33. The Bertz CT molecular complexity index is 778. The zero-order chi connectivity index (χ0) is 22.6. The minimum absolute atomic E-state index is 0.166. The average molecular weight is 431 g/mol. The van der Waals surface area contributed by atoms with Crippen LogP contribution < -0.4 is 10.1 Å². The number of benzene rings is 1. The fourth-order valence-corrected chi connectivity index (χ4v) is 3.55. The van der Waals surface area contributed by atoms with Gasteiger partial charge in [-0.15, -0.1) is 0 Å². The number of carbonyl (C=O) groups excluding carboxylic acids is 2. The lowest BCUT2D eigenvalue weighted by atomic mass is 9.99. The number of aromatic nitrogens is 1. The van der Waals surface area contributed by atoms with Crippen LogP contribution in [-0.4, -0.2) is 34.9 Å². The van der Waals surface area contributed by atoms with Crippen molar-refractivity contribution >= 4 is 23.3 Å². The van der Waals surface area contributed by atoms with E-state index in [4.69, 9.17) is 4.74 Å². The molecule has 6 heteroatoms. The molecule has 1 aromatic heterocycles. The van der Waals surface area contributed by atoms with Crippen LogP contribution in [0.25, 0.3) is 0 Å². The second kappa shape index (κ2) is 13.1. The predicted molar refractivity (Wildman–Crippen MR) is 126 cm³/mol. The highest BCUT2D eigenvalue weighted by Crippen LogP contribution is 2.28. The van der Waals surface area contributed by atoms with Gasteiger partial charge < -0.3 is 10.1 Å². The molecule has 2 atom stereocenters. The maximum absolute atomic E-state index is 12.1. The second-order valence-electron chi connectivity index (χ2n) is 7.00. The van der Waals surface area contributed by atoms with E-state index in [2.05, 4.69) is 36.3 Å². The van der Waals surface area contributed by atoms with Crippen LogP contribution in [0.3, 0.4) is 0 Å². The molecule has 0 aliphatic heterocycles. The highest BCUT2D eigenvalue weighted by molar-refractivity contribution is 8.13. The molecule has 1 amide bonds. The number of hydrogen-bond acceptors (Lipinski definition) is 5. The number of carbonyl (C=O) groups is 2. The maximum Gasteiger partial charge on any atom is 0.236 e. The summed E-state index contributed by atoms with van der Waals surface area (Å²) in [5.74, 6) is 0.789. The summed E-state index contributed by atoms with van der Waals surface area (Å²) in [4.78, 5) is 27.6. The summed E-state index contributed by atoms with van der Waals surface area (Å²) in [5.41, 5.74) is 3.93. The summed E-state index contributed by atoms with van der Waals surface area (Å²) < 4.78 is 5.07. The molecular weight excluding hydrogens is 396 g/mol. The predicted octanol–water partition coefficient (Wildman–Crippen LogP) is 4.82. The van der Waals surface area contributed by atoms with Crippen LogP contribution >= 0.6 is 11.8 Å². The van der Waals surface area contributed by atoms with Crippen LogP contribution in [0.15, 0.2) is 42.6 Å². The van der Waals surface area contributed by atoms with Gasteiger partial charge in [0.05, 0.1) is 6.61 Å². The van der Waals surface area contributed by atoms with Crippen molar-refractivity contribution in [2.45, 2.75) is 58.1 Å². The molecule has 2 rings (SSSR count). The minimum Gasteiger partial charge on any atom is -0.493 e. The first kappa shape index (κ1) is 25.7. The van der Waals surface area contributed by atoms with Crippen LogP contribution in [0.2, 0.25) is 0 Å². The molecule has 0 aliphatic rings. The highest BCUT2D eigenvalue weighted by Gasteiger charge is 2.33. The zero-order valence-corrected chi connectivity index (χ0v) is 19.7. The standard InChI is InChI=1S/C22H28N2O3S.C2H6/c1-5-17-8-11-20(24-13-17)16(2)14-27-19-9-6-18(7-10-19)12-22(3,28-15-25)21(26)23-4;1-2/h6-11,13,15-16H,5,12,14H2,1-4H3,(H,23,26);1-2H3. The number of pyridine rings is 1. The molecule has 0 saturated heterocycles. The Morgan fingerprint density at radius 3 is 2.33 bits per heavy atom. The molecule has 0 fully saturated rings. The topological polar surface area (TPSA) is 68.3 Å². The van der Waals surface area contributed by atoms with Gasteiger partial charge in [-0.05, 0) is 49.1 Å². The summed E-state index contributed by atoms with van der Waals surface area (Å²) in [7, 11) is 1.58. The number of nitrogens with one attached hydrogen (secondary N) is 1. The molecule has 0 aliphatic carbocycles.